The summed E-state index contributed by atoms with van der Waals surface area (Å²) in [5, 5.41) is 18.8. The van der Waals surface area contributed by atoms with Gasteiger partial charge in [0.15, 0.2) is 0 Å². The molecule has 0 aromatic rings. The first kappa shape index (κ1) is 18.0. The van der Waals surface area contributed by atoms with Crippen molar-refractivity contribution >= 4 is 12.0 Å². The number of rotatable bonds is 5. The van der Waals surface area contributed by atoms with Crippen molar-refractivity contribution in [1.82, 2.24) is 10.2 Å². The lowest BCUT2D eigenvalue weighted by atomic mass is 10.0. The lowest BCUT2D eigenvalue weighted by molar-refractivity contribution is -0.203. The van der Waals surface area contributed by atoms with E-state index in [1.807, 2.05) is 6.07 Å². The molecule has 0 aliphatic carbocycles. The molecule has 2 N–H and O–H groups in total. The van der Waals surface area contributed by atoms with Crippen LogP contribution in [0.1, 0.15) is 20.8 Å². The van der Waals surface area contributed by atoms with E-state index in [-0.39, 0.29) is 13.1 Å². The maximum Gasteiger partial charge on any atom is 0.422 e. The highest BCUT2D eigenvalue weighted by molar-refractivity contribution is 5.86. The number of alkyl halides is 3. The molecule has 2 atom stereocenters. The first-order chi connectivity index (χ1) is 8.99. The van der Waals surface area contributed by atoms with Crippen LogP contribution in [0.2, 0.25) is 0 Å². The fourth-order valence-corrected chi connectivity index (χ4v) is 1.27. The van der Waals surface area contributed by atoms with Crippen LogP contribution in [0, 0.1) is 17.2 Å². The molecule has 0 saturated carbocycles. The molecule has 0 saturated heterocycles. The Morgan fingerprint density at radius 1 is 1.45 bits per heavy atom. The smallest absolute Gasteiger partial charge is 0.422 e. The predicted molar refractivity (Wildman–Crippen MR) is 62.7 cm³/mol. The molecule has 2 amide bonds. The summed E-state index contributed by atoms with van der Waals surface area (Å²) in [6.07, 6.45) is -5.14. The van der Waals surface area contributed by atoms with E-state index >= 15 is 0 Å². The van der Waals surface area contributed by atoms with Gasteiger partial charge in [0, 0.05) is 13.1 Å². The number of urea groups is 1. The number of carboxylic acid groups (broad SMARTS) is 1. The molecule has 0 aliphatic rings. The van der Waals surface area contributed by atoms with Crippen molar-refractivity contribution in [3.63, 3.8) is 0 Å². The summed E-state index contributed by atoms with van der Waals surface area (Å²) in [7, 11) is 0. The van der Waals surface area contributed by atoms with Crippen LogP contribution < -0.4 is 5.32 Å². The van der Waals surface area contributed by atoms with Gasteiger partial charge in [0.05, 0.1) is 12.0 Å². The van der Waals surface area contributed by atoms with Gasteiger partial charge in [0.25, 0.3) is 0 Å². The van der Waals surface area contributed by atoms with Crippen molar-refractivity contribution in [3.05, 3.63) is 0 Å². The molecule has 0 radical (unpaired) electrons. The fraction of sp³-hybridized carbons (Fsp3) is 0.727. The number of nitrogens with zero attached hydrogens (tertiary/aromatic N) is 2. The molecule has 114 valence electrons. The van der Waals surface area contributed by atoms with Gasteiger partial charge in [-0.25, -0.2) is 9.59 Å². The third-order valence-corrected chi connectivity index (χ3v) is 2.74. The van der Waals surface area contributed by atoms with Crippen LogP contribution in [-0.2, 0) is 4.79 Å². The van der Waals surface area contributed by atoms with E-state index in [0.29, 0.717) is 6.92 Å². The van der Waals surface area contributed by atoms with Gasteiger partial charge < -0.3 is 15.3 Å². The molecule has 6 nitrogen and oxygen atoms in total. The van der Waals surface area contributed by atoms with Crippen LogP contribution in [0.25, 0.3) is 0 Å². The molecule has 0 aliphatic heterocycles. The molecule has 0 aromatic carbocycles. The van der Waals surface area contributed by atoms with E-state index in [0.717, 1.165) is 4.90 Å². The SMILES string of the molecule is CCN(CC(C)C#N)C(=O)NC(C)(C(=O)O)C(F)(F)F. The summed E-state index contributed by atoms with van der Waals surface area (Å²) in [6.45, 7) is 3.33. The number of nitrogens with one attached hydrogen (secondary N) is 1. The lowest BCUT2D eigenvalue weighted by Gasteiger charge is -2.32. The first-order valence-corrected chi connectivity index (χ1v) is 5.76. The number of nitriles is 1. The van der Waals surface area contributed by atoms with E-state index in [1.165, 1.54) is 19.2 Å². The van der Waals surface area contributed by atoms with E-state index in [2.05, 4.69) is 0 Å². The summed E-state index contributed by atoms with van der Waals surface area (Å²) in [5.41, 5.74) is -3.38. The standard InChI is InChI=1S/C11H16F3N3O3/c1-4-17(6-7(2)5-15)9(20)16-10(3,8(18)19)11(12,13)14/h7H,4,6H2,1-3H3,(H,16,20)(H,18,19). The van der Waals surface area contributed by atoms with Crippen LogP contribution in [0.15, 0.2) is 0 Å². The van der Waals surface area contributed by atoms with E-state index in [4.69, 9.17) is 10.4 Å². The zero-order valence-electron chi connectivity index (χ0n) is 11.3. The van der Waals surface area contributed by atoms with E-state index in [1.54, 1.807) is 0 Å². The van der Waals surface area contributed by atoms with E-state index < -0.39 is 29.6 Å². The fourth-order valence-electron chi connectivity index (χ4n) is 1.27. The zero-order chi connectivity index (χ0) is 16.1. The number of hydrogen-bond acceptors (Lipinski definition) is 3. The Morgan fingerprint density at radius 2 is 1.95 bits per heavy atom. The third kappa shape index (κ3) is 4.01. The third-order valence-electron chi connectivity index (χ3n) is 2.74. The minimum absolute atomic E-state index is 0.0470. The maximum absolute atomic E-state index is 12.7. The topological polar surface area (TPSA) is 93.4 Å². The normalized spacial score (nSPS) is 15.7. The van der Waals surface area contributed by atoms with Gasteiger partial charge in [0.1, 0.15) is 0 Å². The highest BCUT2D eigenvalue weighted by atomic mass is 19.4. The van der Waals surface area contributed by atoms with Crippen molar-refractivity contribution in [2.75, 3.05) is 13.1 Å². The van der Waals surface area contributed by atoms with Gasteiger partial charge in [-0.15, -0.1) is 0 Å². The zero-order valence-corrected chi connectivity index (χ0v) is 11.3. The average Bonchev–Trinajstić information content (AvgIpc) is 2.33. The second kappa shape index (κ2) is 6.45. The molecule has 9 heteroatoms. The number of halogens is 3. The predicted octanol–water partition coefficient (Wildman–Crippen LogP) is 1.58. The Bertz CT molecular complexity index is 419. The van der Waals surface area contributed by atoms with Crippen molar-refractivity contribution < 1.29 is 27.9 Å². The Kier molecular flexibility index (Phi) is 5.81. The molecule has 0 rings (SSSR count). The van der Waals surface area contributed by atoms with Crippen LogP contribution >= 0.6 is 0 Å². The van der Waals surface area contributed by atoms with Gasteiger partial charge in [-0.05, 0) is 20.8 Å². The lowest BCUT2D eigenvalue weighted by Crippen LogP contribution is -2.64. The number of carboxylic acids is 1. The average molecular weight is 295 g/mol. The van der Waals surface area contributed by atoms with Crippen molar-refractivity contribution in [3.8, 4) is 6.07 Å². The molecule has 2 unspecified atom stereocenters. The number of carbonyl (C=O) groups is 2. The number of amides is 2. The molecular weight excluding hydrogens is 279 g/mol. The maximum atomic E-state index is 12.7. The first-order valence-electron chi connectivity index (χ1n) is 5.76. The van der Waals surface area contributed by atoms with Crippen molar-refractivity contribution in [2.24, 2.45) is 5.92 Å². The molecule has 0 heterocycles. The summed E-state index contributed by atoms with van der Waals surface area (Å²) in [6, 6.07) is 0.657. The largest absolute Gasteiger partial charge is 0.479 e. The highest BCUT2D eigenvalue weighted by Gasteiger charge is 2.58. The van der Waals surface area contributed by atoms with E-state index in [9.17, 15) is 22.8 Å². The Morgan fingerprint density at radius 3 is 2.25 bits per heavy atom. The Labute approximate surface area is 114 Å². The van der Waals surface area contributed by atoms with Gasteiger partial charge in [0.2, 0.25) is 5.54 Å². The van der Waals surface area contributed by atoms with Crippen LogP contribution in [0.5, 0.6) is 0 Å². The summed E-state index contributed by atoms with van der Waals surface area (Å²) in [5.74, 6) is -2.79. The van der Waals surface area contributed by atoms with Crippen LogP contribution in [0.3, 0.4) is 0 Å². The van der Waals surface area contributed by atoms with Crippen molar-refractivity contribution in [2.45, 2.75) is 32.5 Å². The van der Waals surface area contributed by atoms with Gasteiger partial charge in [-0.3, -0.25) is 0 Å². The van der Waals surface area contributed by atoms with Crippen LogP contribution in [-0.4, -0.2) is 46.8 Å². The van der Waals surface area contributed by atoms with Crippen LogP contribution in [0.4, 0.5) is 18.0 Å². The summed E-state index contributed by atoms with van der Waals surface area (Å²) >= 11 is 0. The molecule has 0 fully saturated rings. The number of hydrogen-bond donors (Lipinski definition) is 2. The van der Waals surface area contributed by atoms with Crippen molar-refractivity contribution in [1.29, 1.82) is 5.26 Å². The highest BCUT2D eigenvalue weighted by Crippen LogP contribution is 2.30. The second-order valence-electron chi connectivity index (χ2n) is 4.43. The minimum Gasteiger partial charge on any atom is -0.479 e. The second-order valence-corrected chi connectivity index (χ2v) is 4.43. The summed E-state index contributed by atoms with van der Waals surface area (Å²) < 4.78 is 38.2. The monoisotopic (exact) mass is 295 g/mol. The Balaban J connectivity index is 5.11. The molecular formula is C11H16F3N3O3. The van der Waals surface area contributed by atoms with Gasteiger partial charge >= 0.3 is 18.2 Å². The molecule has 0 spiro atoms. The molecule has 20 heavy (non-hydrogen) atoms. The Hall–Kier alpha value is -1.98. The molecule has 0 aromatic heterocycles. The van der Waals surface area contributed by atoms with Gasteiger partial charge in [-0.2, -0.15) is 18.4 Å². The summed E-state index contributed by atoms with van der Waals surface area (Å²) in [4.78, 5) is 23.5. The molecule has 0 bridgehead atoms. The quantitative estimate of drug-likeness (QED) is 0.805. The number of aliphatic carboxylic acids is 1. The minimum atomic E-state index is -5.14. The number of carbonyl (C=O) groups excluding carboxylic acids is 1. The van der Waals surface area contributed by atoms with Gasteiger partial charge in [-0.1, -0.05) is 0 Å².